The van der Waals surface area contributed by atoms with Crippen molar-refractivity contribution in [3.8, 4) is 17.0 Å². The van der Waals surface area contributed by atoms with Crippen LogP contribution in [0.15, 0.2) is 42.0 Å². The molecule has 5 heterocycles. The van der Waals surface area contributed by atoms with Gasteiger partial charge in [0.2, 0.25) is 5.78 Å². The molecule has 0 atom stereocenters. The molecule has 4 aromatic heterocycles. The third-order valence-electron chi connectivity index (χ3n) is 9.91. The zero-order valence-electron chi connectivity index (χ0n) is 25.6. The van der Waals surface area contributed by atoms with E-state index in [9.17, 15) is 9.90 Å². The predicted octanol–water partition coefficient (Wildman–Crippen LogP) is 6.11. The van der Waals surface area contributed by atoms with E-state index in [4.69, 9.17) is 5.10 Å². The van der Waals surface area contributed by atoms with Crippen LogP contribution in [0.3, 0.4) is 0 Å². The Morgan fingerprint density at radius 3 is 2.64 bits per heavy atom. The number of ketones is 1. The van der Waals surface area contributed by atoms with Crippen molar-refractivity contribution in [2.24, 2.45) is 7.05 Å². The molecule has 6 aromatic rings. The highest BCUT2D eigenvalue weighted by Crippen LogP contribution is 2.49. The number of nitrogens with zero attached hydrogens (tertiary/aromatic N) is 5. The summed E-state index contributed by atoms with van der Waals surface area (Å²) in [4.78, 5) is 22.7. The van der Waals surface area contributed by atoms with Gasteiger partial charge in [-0.05, 0) is 80.0 Å². The molecule has 2 aromatic carbocycles. The van der Waals surface area contributed by atoms with Crippen LogP contribution in [0.2, 0.25) is 0 Å². The van der Waals surface area contributed by atoms with Gasteiger partial charge in [0.15, 0.2) is 5.88 Å². The third kappa shape index (κ3) is 4.24. The van der Waals surface area contributed by atoms with Crippen molar-refractivity contribution in [2.75, 3.05) is 39.3 Å². The number of hydrogen-bond acceptors (Lipinski definition) is 6. The van der Waals surface area contributed by atoms with Crippen molar-refractivity contribution in [3.63, 3.8) is 0 Å². The van der Waals surface area contributed by atoms with Crippen LogP contribution in [0.5, 0.6) is 5.88 Å². The van der Waals surface area contributed by atoms with Crippen LogP contribution in [0.1, 0.15) is 45.4 Å². The van der Waals surface area contributed by atoms with Gasteiger partial charge >= 0.3 is 0 Å². The minimum atomic E-state index is 0.0673. The number of rotatable bonds is 7. The number of aromatic amines is 1. The molecule has 0 amide bonds. The summed E-state index contributed by atoms with van der Waals surface area (Å²) >= 11 is 1.50. The fourth-order valence-electron chi connectivity index (χ4n) is 7.68. The van der Waals surface area contributed by atoms with Crippen molar-refractivity contribution < 1.29 is 9.90 Å². The van der Waals surface area contributed by atoms with E-state index in [-0.39, 0.29) is 11.7 Å². The highest BCUT2D eigenvalue weighted by atomic mass is 32.1. The number of likely N-dealkylation sites (N-methyl/N-ethyl adjacent to an activating group) is 1. The van der Waals surface area contributed by atoms with Crippen LogP contribution >= 0.6 is 11.3 Å². The van der Waals surface area contributed by atoms with E-state index in [2.05, 4.69) is 44.6 Å². The maximum atomic E-state index is 13.7. The van der Waals surface area contributed by atoms with Gasteiger partial charge in [-0.2, -0.15) is 5.10 Å². The first-order valence-corrected chi connectivity index (χ1v) is 16.7. The van der Waals surface area contributed by atoms with Gasteiger partial charge in [-0.1, -0.05) is 6.92 Å². The molecule has 44 heavy (non-hydrogen) atoms. The summed E-state index contributed by atoms with van der Waals surface area (Å²) in [5.74, 6) is 0.251. The number of thiophene rings is 1. The maximum absolute atomic E-state index is 13.7. The Kier molecular flexibility index (Phi) is 6.66. The van der Waals surface area contributed by atoms with E-state index in [0.717, 1.165) is 119 Å². The summed E-state index contributed by atoms with van der Waals surface area (Å²) in [6.07, 6.45) is 6.79. The number of aromatic nitrogens is 4. The molecule has 0 unspecified atom stereocenters. The maximum Gasteiger partial charge on any atom is 0.203 e. The second-order valence-electron chi connectivity index (χ2n) is 12.4. The number of benzene rings is 2. The number of aryl methyl sites for hydroxylation is 5. The first-order valence-electron chi connectivity index (χ1n) is 15.8. The van der Waals surface area contributed by atoms with Crippen LogP contribution in [0, 0.1) is 6.92 Å². The topological polar surface area (TPSA) is 82.3 Å². The minimum Gasteiger partial charge on any atom is -0.494 e. The Bertz CT molecular complexity index is 2070. The predicted molar refractivity (Wildman–Crippen MR) is 178 cm³/mol. The van der Waals surface area contributed by atoms with Crippen LogP contribution < -0.4 is 0 Å². The molecule has 0 bridgehead atoms. The summed E-state index contributed by atoms with van der Waals surface area (Å²) in [6.45, 7) is 11.8. The van der Waals surface area contributed by atoms with E-state index in [0.29, 0.717) is 5.56 Å². The summed E-state index contributed by atoms with van der Waals surface area (Å²) in [6, 6.07) is 8.25. The molecule has 0 spiro atoms. The fraction of sp³-hybridized carbons (Fsp3) is 0.371. The summed E-state index contributed by atoms with van der Waals surface area (Å²) < 4.78 is 4.39. The molecule has 1 fully saturated rings. The first-order chi connectivity index (χ1) is 21.4. The van der Waals surface area contributed by atoms with Gasteiger partial charge < -0.3 is 24.5 Å². The number of aromatic hydroxyl groups is 1. The quantitative estimate of drug-likeness (QED) is 0.214. The molecule has 2 N–H and O–H groups in total. The van der Waals surface area contributed by atoms with Crippen LogP contribution in [0.25, 0.3) is 43.7 Å². The molecule has 9 heteroatoms. The Hall–Kier alpha value is -3.92. The van der Waals surface area contributed by atoms with Gasteiger partial charge in [-0.15, -0.1) is 11.3 Å². The summed E-state index contributed by atoms with van der Waals surface area (Å²) in [5.41, 5.74) is 8.62. The molecule has 226 valence electrons. The first kappa shape index (κ1) is 27.6. The van der Waals surface area contributed by atoms with Crippen molar-refractivity contribution in [1.82, 2.24) is 29.1 Å². The molecule has 1 saturated heterocycles. The smallest absolute Gasteiger partial charge is 0.203 e. The van der Waals surface area contributed by atoms with E-state index >= 15 is 0 Å². The fourth-order valence-corrected chi connectivity index (χ4v) is 8.56. The molecular weight excluding hydrogens is 568 g/mol. The lowest BCUT2D eigenvalue weighted by molar-refractivity contribution is 0.104. The van der Waals surface area contributed by atoms with E-state index in [1.165, 1.54) is 22.4 Å². The number of carbonyl (C=O) groups is 1. The highest BCUT2D eigenvalue weighted by Gasteiger charge is 2.30. The van der Waals surface area contributed by atoms with Crippen LogP contribution in [-0.2, 0) is 26.4 Å². The number of piperazine rings is 1. The lowest BCUT2D eigenvalue weighted by atomic mass is 9.85. The highest BCUT2D eigenvalue weighted by molar-refractivity contribution is 7.12. The number of carbonyl (C=O) groups excluding carboxylic acids is 1. The number of hydrogen-bond donors (Lipinski definition) is 2. The van der Waals surface area contributed by atoms with Crippen molar-refractivity contribution in [1.29, 1.82) is 0 Å². The Balaban J connectivity index is 1.32. The van der Waals surface area contributed by atoms with Crippen molar-refractivity contribution in [2.45, 2.75) is 39.7 Å². The van der Waals surface area contributed by atoms with E-state index < -0.39 is 0 Å². The van der Waals surface area contributed by atoms with Crippen LogP contribution in [-0.4, -0.2) is 79.3 Å². The van der Waals surface area contributed by atoms with Gasteiger partial charge in [0.25, 0.3) is 0 Å². The standard InChI is InChI=1S/C35H38N6O2S/c1-4-39-13-15-40(16-14-39)11-5-12-41-28-9-6-22(33(42)34-21(2)10-17-44-34)18-24(28)30-25-19-36-35(43)31(25)29-23(32(30)41)7-8-27-26(29)20-38(3)37-27/h6,9-10,17-20,36,43H,4-5,7-8,11-16H2,1-3H3. The third-order valence-corrected chi connectivity index (χ3v) is 10.9. The van der Waals surface area contributed by atoms with Gasteiger partial charge in [-0.25, -0.2) is 0 Å². The second-order valence-corrected chi connectivity index (χ2v) is 13.4. The van der Waals surface area contributed by atoms with Crippen molar-refractivity contribution >= 4 is 49.7 Å². The molecular formula is C35H38N6O2S. The Labute approximate surface area is 260 Å². The second kappa shape index (κ2) is 10.6. The Morgan fingerprint density at radius 2 is 1.86 bits per heavy atom. The lowest BCUT2D eigenvalue weighted by Crippen LogP contribution is -2.46. The zero-order valence-corrected chi connectivity index (χ0v) is 26.4. The monoisotopic (exact) mass is 606 g/mol. The normalized spacial score (nSPS) is 15.9. The molecule has 0 radical (unpaired) electrons. The average molecular weight is 607 g/mol. The number of nitrogens with one attached hydrogen (secondary N) is 1. The van der Waals surface area contributed by atoms with Crippen molar-refractivity contribution in [3.05, 3.63) is 69.3 Å². The SMILES string of the molecule is CCN1CCN(CCCn2c3ccc(C(=O)c4sccc4C)cc3c3c4c[nH]c(O)c4c4c(c32)CCc2nn(C)cc2-4)CC1. The van der Waals surface area contributed by atoms with E-state index in [1.807, 2.05) is 42.4 Å². The minimum absolute atomic E-state index is 0.0673. The number of fused-ring (bicyclic) bond motifs is 10. The molecule has 8 rings (SSSR count). The van der Waals surface area contributed by atoms with Gasteiger partial charge in [0.1, 0.15) is 0 Å². The van der Waals surface area contributed by atoms with Crippen LogP contribution in [0.4, 0.5) is 0 Å². The zero-order chi connectivity index (χ0) is 30.1. The molecule has 8 nitrogen and oxygen atoms in total. The Morgan fingerprint density at radius 1 is 1.05 bits per heavy atom. The molecule has 2 aliphatic rings. The van der Waals surface area contributed by atoms with E-state index in [1.54, 1.807) is 0 Å². The lowest BCUT2D eigenvalue weighted by Gasteiger charge is -2.34. The summed E-state index contributed by atoms with van der Waals surface area (Å²) in [5, 5.41) is 22.0. The largest absolute Gasteiger partial charge is 0.494 e. The van der Waals surface area contributed by atoms with Gasteiger partial charge in [0, 0.05) is 90.5 Å². The average Bonchev–Trinajstić information content (AvgIpc) is 3.81. The van der Waals surface area contributed by atoms with Gasteiger partial charge in [-0.3, -0.25) is 9.48 Å². The molecule has 1 aliphatic heterocycles. The van der Waals surface area contributed by atoms with Gasteiger partial charge in [0.05, 0.1) is 21.5 Å². The summed E-state index contributed by atoms with van der Waals surface area (Å²) in [7, 11) is 1.97. The number of H-pyrrole nitrogens is 1. The molecule has 1 aliphatic carbocycles. The molecule has 0 saturated carbocycles.